The Hall–Kier alpha value is -2.38. The van der Waals surface area contributed by atoms with E-state index in [0.29, 0.717) is 0 Å². The number of thiocarbonyl (C=S) groups is 1. The summed E-state index contributed by atoms with van der Waals surface area (Å²) in [6.45, 7) is -0.564. The molecule has 0 saturated carbocycles. The Bertz CT molecular complexity index is 876. The third kappa shape index (κ3) is 3.12. The number of aromatic nitrogens is 2. The van der Waals surface area contributed by atoms with E-state index in [1.165, 1.54) is 6.08 Å². The quantitative estimate of drug-likeness (QED) is 0.234. The molecule has 2 aliphatic heterocycles. The normalized spacial score (nSPS) is 30.6. The van der Waals surface area contributed by atoms with Crippen molar-refractivity contribution >= 4 is 29.3 Å². The molecular weight excluding hydrogens is 356 g/mol. The van der Waals surface area contributed by atoms with Crippen molar-refractivity contribution in [3.05, 3.63) is 38.3 Å². The minimum absolute atomic E-state index is 0.00172. The Kier molecular flexibility index (Phi) is 4.53. The number of rotatable bonds is 3. The van der Waals surface area contributed by atoms with Gasteiger partial charge < -0.3 is 25.4 Å². The van der Waals surface area contributed by atoms with Gasteiger partial charge in [-0.15, -0.1) is 0 Å². The van der Waals surface area contributed by atoms with E-state index in [1.807, 2.05) is 4.98 Å². The van der Waals surface area contributed by atoms with Gasteiger partial charge in [-0.2, -0.15) is 0 Å². The van der Waals surface area contributed by atoms with Gasteiger partial charge in [0.15, 0.2) is 11.3 Å². The average molecular weight is 370 g/mol. The predicted molar refractivity (Wildman–Crippen MR) is 86.2 cm³/mol. The molecule has 3 heterocycles. The molecule has 25 heavy (non-hydrogen) atoms. The first kappa shape index (κ1) is 17.4. The number of hydrogen-bond donors (Lipinski definition) is 6. The highest BCUT2D eigenvalue weighted by atomic mass is 32.1. The Balaban J connectivity index is 2.01. The molecule has 1 amide bonds. The zero-order chi connectivity index (χ0) is 18.3. The minimum atomic E-state index is -1.50. The summed E-state index contributed by atoms with van der Waals surface area (Å²) >= 11 is 4.78. The highest BCUT2D eigenvalue weighted by Gasteiger charge is 2.43. The van der Waals surface area contributed by atoms with Crippen molar-refractivity contribution in [2.24, 2.45) is 0 Å². The van der Waals surface area contributed by atoms with Crippen LogP contribution in [0.3, 0.4) is 0 Å². The van der Waals surface area contributed by atoms with Gasteiger partial charge in [-0.3, -0.25) is 24.5 Å². The van der Waals surface area contributed by atoms with Gasteiger partial charge in [0.05, 0.1) is 12.2 Å². The fourth-order valence-corrected chi connectivity index (χ4v) is 2.74. The maximum Gasteiger partial charge on any atom is 0.330 e. The maximum atomic E-state index is 12.0. The van der Waals surface area contributed by atoms with Crippen LogP contribution < -0.4 is 21.9 Å². The lowest BCUT2D eigenvalue weighted by molar-refractivity contribution is -0.115. The number of aromatic amines is 1. The summed E-state index contributed by atoms with van der Waals surface area (Å²) in [6, 6.07) is 0. The van der Waals surface area contributed by atoms with Crippen molar-refractivity contribution in [3.63, 3.8) is 0 Å². The zero-order valence-electron chi connectivity index (χ0n) is 12.5. The summed E-state index contributed by atoms with van der Waals surface area (Å²) in [4.78, 5) is 37.6. The largest absolute Gasteiger partial charge is 0.394 e. The molecule has 2 saturated heterocycles. The molecule has 11 nitrogen and oxygen atoms in total. The van der Waals surface area contributed by atoms with E-state index < -0.39 is 48.3 Å². The number of H-pyrrole nitrogens is 1. The third-order valence-electron chi connectivity index (χ3n) is 3.81. The Labute approximate surface area is 144 Å². The molecule has 2 aliphatic rings. The Morgan fingerprint density at radius 1 is 1.24 bits per heavy atom. The average Bonchev–Trinajstić information content (AvgIpc) is 3.02. The fraction of sp³-hybridized carbons (Fsp3) is 0.385. The van der Waals surface area contributed by atoms with E-state index in [0.717, 1.165) is 10.8 Å². The van der Waals surface area contributed by atoms with Crippen LogP contribution in [0, 0.1) is 0 Å². The van der Waals surface area contributed by atoms with E-state index in [2.05, 4.69) is 10.6 Å². The Morgan fingerprint density at radius 3 is 2.52 bits per heavy atom. The standard InChI is InChI=1S/C13H14N4O7S/c18-3-6-7(19)8(20)11(24-6)17-2-4(9(21)16-13(17)23)1-5-10(22)15-12(25)14-5/h1-2,6-8,11,18-20H,3H2,(H,16,21,23)(H2,14,15,22,25)/b5-1-/t6-,7-,8-,11-/m1/s1. The van der Waals surface area contributed by atoms with Crippen LogP contribution >= 0.6 is 12.2 Å². The predicted octanol–water partition coefficient (Wildman–Crippen LogP) is -3.51. The first-order chi connectivity index (χ1) is 11.8. The van der Waals surface area contributed by atoms with Crippen LogP contribution in [-0.4, -0.2) is 60.8 Å². The van der Waals surface area contributed by atoms with E-state index in [9.17, 15) is 24.6 Å². The third-order valence-corrected chi connectivity index (χ3v) is 4.01. The van der Waals surface area contributed by atoms with Gasteiger partial charge in [0.1, 0.15) is 24.0 Å². The highest BCUT2D eigenvalue weighted by Crippen LogP contribution is 2.28. The molecule has 12 heteroatoms. The number of nitrogens with one attached hydrogen (secondary N) is 3. The molecule has 1 aromatic rings. The maximum absolute atomic E-state index is 12.0. The summed E-state index contributed by atoms with van der Waals surface area (Å²) in [7, 11) is 0. The van der Waals surface area contributed by atoms with Crippen molar-refractivity contribution in [1.82, 2.24) is 20.2 Å². The lowest BCUT2D eigenvalue weighted by atomic mass is 10.1. The smallest absolute Gasteiger partial charge is 0.330 e. The van der Waals surface area contributed by atoms with Crippen LogP contribution in [0.5, 0.6) is 0 Å². The van der Waals surface area contributed by atoms with Crippen molar-refractivity contribution < 1.29 is 24.9 Å². The summed E-state index contributed by atoms with van der Waals surface area (Å²) in [5.41, 5.74) is -1.74. The second-order valence-electron chi connectivity index (χ2n) is 5.45. The van der Waals surface area contributed by atoms with Gasteiger partial charge in [-0.1, -0.05) is 0 Å². The van der Waals surface area contributed by atoms with Crippen molar-refractivity contribution in [2.75, 3.05) is 6.61 Å². The molecule has 4 atom stereocenters. The molecule has 0 aromatic carbocycles. The summed E-state index contributed by atoms with van der Waals surface area (Å²) in [6.07, 6.45) is -3.06. The molecule has 0 bridgehead atoms. The first-order valence-corrected chi connectivity index (χ1v) is 7.54. The van der Waals surface area contributed by atoms with E-state index in [1.54, 1.807) is 0 Å². The molecular formula is C13H14N4O7S. The van der Waals surface area contributed by atoms with Gasteiger partial charge in [0.2, 0.25) is 0 Å². The van der Waals surface area contributed by atoms with Gasteiger partial charge in [0.25, 0.3) is 11.5 Å². The summed E-state index contributed by atoms with van der Waals surface area (Å²) < 4.78 is 6.12. The molecule has 0 unspecified atom stereocenters. The SMILES string of the molecule is O=C1NC(=S)N/C1=C\c1cn([C@@H]2O[C@H](CO)[C@@H](O)[C@H]2O)c(=O)[nH]c1=O. The van der Waals surface area contributed by atoms with Crippen LogP contribution in [0.25, 0.3) is 6.08 Å². The van der Waals surface area contributed by atoms with Crippen LogP contribution in [0.15, 0.2) is 21.5 Å². The number of ether oxygens (including phenoxy) is 1. The number of carbonyl (C=O) groups is 1. The van der Waals surface area contributed by atoms with Gasteiger partial charge in [-0.05, 0) is 18.3 Å². The molecule has 2 fully saturated rings. The van der Waals surface area contributed by atoms with Crippen LogP contribution in [0.2, 0.25) is 0 Å². The van der Waals surface area contributed by atoms with E-state index in [-0.39, 0.29) is 16.4 Å². The number of aliphatic hydroxyl groups is 3. The van der Waals surface area contributed by atoms with Crippen LogP contribution in [-0.2, 0) is 9.53 Å². The minimum Gasteiger partial charge on any atom is -0.394 e. The summed E-state index contributed by atoms with van der Waals surface area (Å²) in [5, 5.41) is 33.9. The van der Waals surface area contributed by atoms with Crippen LogP contribution in [0.4, 0.5) is 0 Å². The molecule has 0 aliphatic carbocycles. The highest BCUT2D eigenvalue weighted by molar-refractivity contribution is 7.80. The number of aliphatic hydroxyl groups excluding tert-OH is 3. The van der Waals surface area contributed by atoms with Crippen molar-refractivity contribution in [2.45, 2.75) is 24.5 Å². The summed E-state index contributed by atoms with van der Waals surface area (Å²) in [5.74, 6) is -0.546. The number of nitrogens with zero attached hydrogens (tertiary/aromatic N) is 1. The van der Waals surface area contributed by atoms with E-state index in [4.69, 9.17) is 22.1 Å². The first-order valence-electron chi connectivity index (χ1n) is 7.13. The van der Waals surface area contributed by atoms with Gasteiger partial charge in [0, 0.05) is 6.20 Å². The second kappa shape index (κ2) is 6.50. The zero-order valence-corrected chi connectivity index (χ0v) is 13.3. The van der Waals surface area contributed by atoms with Gasteiger partial charge in [-0.25, -0.2) is 4.79 Å². The molecule has 6 N–H and O–H groups in total. The molecule has 134 valence electrons. The molecule has 3 rings (SSSR count). The topological polar surface area (TPSA) is 166 Å². The lowest BCUT2D eigenvalue weighted by Gasteiger charge is -2.17. The lowest BCUT2D eigenvalue weighted by Crippen LogP contribution is -2.38. The van der Waals surface area contributed by atoms with E-state index >= 15 is 0 Å². The fourth-order valence-electron chi connectivity index (χ4n) is 2.54. The number of carbonyl (C=O) groups excluding carboxylic acids is 1. The van der Waals surface area contributed by atoms with Crippen LogP contribution in [0.1, 0.15) is 11.8 Å². The van der Waals surface area contributed by atoms with Crippen molar-refractivity contribution in [3.8, 4) is 0 Å². The van der Waals surface area contributed by atoms with Crippen molar-refractivity contribution in [1.29, 1.82) is 0 Å². The molecule has 0 spiro atoms. The Morgan fingerprint density at radius 2 is 1.96 bits per heavy atom. The monoisotopic (exact) mass is 370 g/mol. The second-order valence-corrected chi connectivity index (χ2v) is 5.85. The number of amides is 1. The molecule has 1 aromatic heterocycles. The van der Waals surface area contributed by atoms with Gasteiger partial charge >= 0.3 is 5.69 Å². The molecule has 0 radical (unpaired) electrons. The number of hydrogen-bond acceptors (Lipinski definition) is 8.